The van der Waals surface area contributed by atoms with Crippen molar-refractivity contribution in [1.82, 2.24) is 0 Å². The average molecular weight is 364 g/mol. The van der Waals surface area contributed by atoms with E-state index in [1.807, 2.05) is 0 Å². The quantitative estimate of drug-likeness (QED) is 0.312. The average Bonchev–Trinajstić information content (AvgIpc) is 3.30. The Labute approximate surface area is 154 Å². The first-order valence-corrected chi connectivity index (χ1v) is 9.56. The summed E-state index contributed by atoms with van der Waals surface area (Å²) in [6, 6.07) is 0. The maximum atomic E-state index is 13.1. The Morgan fingerprint density at radius 1 is 1.04 bits per heavy atom. The first kappa shape index (κ1) is 19.2. The van der Waals surface area contributed by atoms with Gasteiger partial charge in [-0.05, 0) is 39.5 Å². The van der Waals surface area contributed by atoms with Crippen LogP contribution in [-0.4, -0.2) is 41.6 Å². The molecule has 0 aromatic rings. The van der Waals surface area contributed by atoms with Crippen LogP contribution in [0, 0.1) is 5.41 Å². The molecule has 0 aromatic heterocycles. The van der Waals surface area contributed by atoms with Gasteiger partial charge in [-0.2, -0.15) is 0 Å². The largest absolute Gasteiger partial charge is 0.448 e. The van der Waals surface area contributed by atoms with Crippen LogP contribution in [0.3, 0.4) is 0 Å². The highest BCUT2D eigenvalue weighted by atomic mass is 16.7. The number of Topliss-reactive ketones (excluding diaryl/α,β-unsaturated/α-hetero) is 2. The number of hydrogen-bond acceptors (Lipinski definition) is 6. The highest BCUT2D eigenvalue weighted by Crippen LogP contribution is 2.48. The van der Waals surface area contributed by atoms with E-state index in [9.17, 15) is 14.4 Å². The van der Waals surface area contributed by atoms with Gasteiger partial charge in [0.15, 0.2) is 29.6 Å². The van der Waals surface area contributed by atoms with Crippen molar-refractivity contribution in [3.63, 3.8) is 0 Å². The van der Waals surface area contributed by atoms with Gasteiger partial charge in [0.1, 0.15) is 0 Å². The van der Waals surface area contributed by atoms with E-state index in [0.29, 0.717) is 12.8 Å². The highest BCUT2D eigenvalue weighted by Gasteiger charge is 2.63. The minimum Gasteiger partial charge on any atom is -0.448 e. The van der Waals surface area contributed by atoms with Crippen LogP contribution in [0.1, 0.15) is 65.2 Å². The summed E-state index contributed by atoms with van der Waals surface area (Å²) in [6.07, 6.45) is 5.51. The second kappa shape index (κ2) is 7.24. The maximum Gasteiger partial charge on any atom is 0.330 e. The standard InChI is InChI=1S/C20H28O6/c1-4-14(21)24-15-16(18(23)20(17(15)22)11-7-8-12-20)26-19(2,3)25-13-9-5-6-10-13/h4,13,15-16H,1,5-12H2,2-3H3. The van der Waals surface area contributed by atoms with Gasteiger partial charge < -0.3 is 14.2 Å². The third-order valence-electron chi connectivity index (χ3n) is 5.77. The molecule has 3 aliphatic rings. The number of ketones is 2. The van der Waals surface area contributed by atoms with Crippen molar-refractivity contribution in [3.8, 4) is 0 Å². The molecule has 0 saturated heterocycles. The van der Waals surface area contributed by atoms with Gasteiger partial charge in [0.2, 0.25) is 0 Å². The Morgan fingerprint density at radius 3 is 2.19 bits per heavy atom. The van der Waals surface area contributed by atoms with E-state index >= 15 is 0 Å². The Morgan fingerprint density at radius 2 is 1.62 bits per heavy atom. The Bertz CT molecular complexity index is 595. The van der Waals surface area contributed by atoms with Crippen LogP contribution in [0.15, 0.2) is 12.7 Å². The summed E-state index contributed by atoms with van der Waals surface area (Å²) >= 11 is 0. The lowest BCUT2D eigenvalue weighted by molar-refractivity contribution is -0.261. The first-order valence-electron chi connectivity index (χ1n) is 9.56. The number of ether oxygens (including phenoxy) is 3. The van der Waals surface area contributed by atoms with E-state index in [2.05, 4.69) is 6.58 Å². The molecule has 6 heteroatoms. The predicted octanol–water partition coefficient (Wildman–Crippen LogP) is 2.88. The number of carbonyl (C=O) groups excluding carboxylic acids is 3. The monoisotopic (exact) mass is 364 g/mol. The molecule has 3 rings (SSSR count). The molecule has 26 heavy (non-hydrogen) atoms. The molecule has 2 atom stereocenters. The van der Waals surface area contributed by atoms with Crippen molar-refractivity contribution in [1.29, 1.82) is 0 Å². The third kappa shape index (κ3) is 3.49. The van der Waals surface area contributed by atoms with Crippen LogP contribution in [-0.2, 0) is 28.6 Å². The molecule has 144 valence electrons. The number of rotatable bonds is 6. The number of hydrogen-bond donors (Lipinski definition) is 0. The van der Waals surface area contributed by atoms with Crippen LogP contribution >= 0.6 is 0 Å². The van der Waals surface area contributed by atoms with Crippen molar-refractivity contribution in [2.75, 3.05) is 0 Å². The van der Waals surface area contributed by atoms with E-state index in [4.69, 9.17) is 14.2 Å². The molecule has 0 bridgehead atoms. The lowest BCUT2D eigenvalue weighted by atomic mass is 9.82. The minimum absolute atomic E-state index is 0.0897. The van der Waals surface area contributed by atoms with Crippen LogP contribution < -0.4 is 0 Å². The van der Waals surface area contributed by atoms with Crippen LogP contribution in [0.25, 0.3) is 0 Å². The van der Waals surface area contributed by atoms with Crippen molar-refractivity contribution in [2.24, 2.45) is 5.41 Å². The van der Waals surface area contributed by atoms with E-state index in [0.717, 1.165) is 44.6 Å². The molecule has 3 saturated carbocycles. The van der Waals surface area contributed by atoms with Gasteiger partial charge in [0.25, 0.3) is 0 Å². The first-order chi connectivity index (χ1) is 12.3. The zero-order valence-corrected chi connectivity index (χ0v) is 15.6. The molecule has 3 aliphatic carbocycles. The molecule has 0 amide bonds. The molecule has 0 heterocycles. The van der Waals surface area contributed by atoms with E-state index < -0.39 is 29.4 Å². The summed E-state index contributed by atoms with van der Waals surface area (Å²) < 4.78 is 17.3. The smallest absolute Gasteiger partial charge is 0.330 e. The molecule has 0 N–H and O–H groups in total. The molecule has 0 radical (unpaired) electrons. The summed E-state index contributed by atoms with van der Waals surface area (Å²) in [5, 5.41) is 0. The summed E-state index contributed by atoms with van der Waals surface area (Å²) in [6.45, 7) is 6.86. The van der Waals surface area contributed by atoms with Crippen molar-refractivity contribution < 1.29 is 28.6 Å². The third-order valence-corrected chi connectivity index (χ3v) is 5.77. The van der Waals surface area contributed by atoms with Gasteiger partial charge >= 0.3 is 5.97 Å². The lowest BCUT2D eigenvalue weighted by Crippen LogP contribution is -2.44. The molecular formula is C20H28O6. The maximum absolute atomic E-state index is 13.1. The normalized spacial score (nSPS) is 28.8. The van der Waals surface area contributed by atoms with Crippen LogP contribution in [0.5, 0.6) is 0 Å². The highest BCUT2D eigenvalue weighted by molar-refractivity contribution is 6.18. The van der Waals surface area contributed by atoms with Crippen molar-refractivity contribution in [2.45, 2.75) is 89.3 Å². The van der Waals surface area contributed by atoms with Crippen molar-refractivity contribution >= 4 is 17.5 Å². The van der Waals surface area contributed by atoms with Crippen LogP contribution in [0.2, 0.25) is 0 Å². The Kier molecular flexibility index (Phi) is 5.35. The number of carbonyl (C=O) groups is 3. The minimum atomic E-state index is -1.22. The second-order valence-corrected chi connectivity index (χ2v) is 8.04. The number of esters is 1. The molecule has 3 fully saturated rings. The van der Waals surface area contributed by atoms with Gasteiger partial charge in [0, 0.05) is 6.08 Å². The molecule has 2 unspecified atom stereocenters. The lowest BCUT2D eigenvalue weighted by Gasteiger charge is -2.32. The van der Waals surface area contributed by atoms with Gasteiger partial charge in [-0.25, -0.2) is 4.79 Å². The van der Waals surface area contributed by atoms with Crippen molar-refractivity contribution in [3.05, 3.63) is 12.7 Å². The zero-order valence-electron chi connectivity index (χ0n) is 15.6. The van der Waals surface area contributed by atoms with E-state index in [1.54, 1.807) is 13.8 Å². The van der Waals surface area contributed by atoms with Crippen LogP contribution in [0.4, 0.5) is 0 Å². The summed E-state index contributed by atoms with van der Waals surface area (Å²) in [7, 11) is 0. The fraction of sp³-hybridized carbons (Fsp3) is 0.750. The Balaban J connectivity index is 1.81. The topological polar surface area (TPSA) is 78.9 Å². The fourth-order valence-electron chi connectivity index (χ4n) is 4.56. The molecule has 1 spiro atoms. The second-order valence-electron chi connectivity index (χ2n) is 8.04. The molecule has 0 aliphatic heterocycles. The SMILES string of the molecule is C=CC(=O)OC1C(=O)C2(CCCC2)C(=O)C1OC(C)(C)OC1CCCC1. The van der Waals surface area contributed by atoms with E-state index in [-0.39, 0.29) is 17.7 Å². The van der Waals surface area contributed by atoms with E-state index in [1.165, 1.54) is 0 Å². The summed E-state index contributed by atoms with van der Waals surface area (Å²) in [4.78, 5) is 37.8. The van der Waals surface area contributed by atoms with Gasteiger partial charge in [0.05, 0.1) is 11.5 Å². The van der Waals surface area contributed by atoms with Gasteiger partial charge in [-0.1, -0.05) is 32.3 Å². The Hall–Kier alpha value is -1.53. The summed E-state index contributed by atoms with van der Waals surface area (Å²) in [5.41, 5.74) is -1.07. The molecule has 6 nitrogen and oxygen atoms in total. The van der Waals surface area contributed by atoms with Gasteiger partial charge in [-0.3, -0.25) is 9.59 Å². The van der Waals surface area contributed by atoms with Gasteiger partial charge in [-0.15, -0.1) is 0 Å². The summed E-state index contributed by atoms with van der Waals surface area (Å²) in [5.74, 6) is -2.38. The molecule has 0 aromatic carbocycles. The molecular weight excluding hydrogens is 336 g/mol. The predicted molar refractivity (Wildman–Crippen MR) is 93.3 cm³/mol. The zero-order chi connectivity index (χ0) is 18.9. The fourth-order valence-corrected chi connectivity index (χ4v) is 4.56.